The summed E-state index contributed by atoms with van der Waals surface area (Å²) >= 11 is 22.0. The van der Waals surface area contributed by atoms with Gasteiger partial charge >= 0.3 is 5.97 Å². The Morgan fingerprint density at radius 3 is 2.33 bits per heavy atom. The van der Waals surface area contributed by atoms with Crippen molar-refractivity contribution in [2.24, 2.45) is 5.92 Å². The van der Waals surface area contributed by atoms with E-state index in [1.54, 1.807) is 0 Å². The van der Waals surface area contributed by atoms with E-state index in [1.807, 2.05) is 0 Å². The maximum atomic E-state index is 11.5. The van der Waals surface area contributed by atoms with Crippen molar-refractivity contribution >= 4 is 58.4 Å². The third-order valence-electron chi connectivity index (χ3n) is 1.91. The molecule has 0 spiro atoms. The van der Waals surface area contributed by atoms with E-state index in [2.05, 4.69) is 4.29 Å². The second kappa shape index (κ2) is 4.78. The van der Waals surface area contributed by atoms with Crippen LogP contribution in [0.1, 0.15) is 0 Å². The number of halogens is 4. The van der Waals surface area contributed by atoms with Crippen molar-refractivity contribution in [1.82, 2.24) is 0 Å². The number of rotatable bonds is 2. The van der Waals surface area contributed by atoms with E-state index in [9.17, 15) is 9.59 Å². The van der Waals surface area contributed by atoms with Gasteiger partial charge in [-0.1, -0.05) is 11.6 Å². The highest BCUT2D eigenvalue weighted by Crippen LogP contribution is 2.37. The van der Waals surface area contributed by atoms with Gasteiger partial charge in [0.15, 0.2) is 0 Å². The zero-order chi connectivity index (χ0) is 11.7. The molecule has 1 N–H and O–H groups in total. The molecule has 0 heterocycles. The average Bonchev–Trinajstić information content (AvgIpc) is 2.15. The number of hydrogen-bond acceptors (Lipinski definition) is 3. The lowest BCUT2D eigenvalue weighted by Gasteiger charge is -2.26. The van der Waals surface area contributed by atoms with Gasteiger partial charge in [-0.05, 0) is 0 Å². The molecule has 84 valence electrons. The molecule has 0 saturated heterocycles. The van der Waals surface area contributed by atoms with Crippen LogP contribution in [-0.2, 0) is 13.9 Å². The van der Waals surface area contributed by atoms with Crippen molar-refractivity contribution in [3.05, 3.63) is 10.8 Å². The van der Waals surface area contributed by atoms with Crippen LogP contribution in [0.3, 0.4) is 0 Å². The summed E-state index contributed by atoms with van der Waals surface area (Å²) < 4.78 is 4.18. The van der Waals surface area contributed by atoms with Crippen molar-refractivity contribution in [3.63, 3.8) is 0 Å². The lowest BCUT2D eigenvalue weighted by Crippen LogP contribution is -2.42. The van der Waals surface area contributed by atoms with Crippen molar-refractivity contribution < 1.29 is 19.0 Å². The van der Waals surface area contributed by atoms with E-state index in [1.165, 1.54) is 0 Å². The largest absolute Gasteiger partial charge is 0.481 e. The van der Waals surface area contributed by atoms with Gasteiger partial charge in [-0.15, -0.1) is 23.2 Å². The molecular formula is C7H4Cl4O4. The Morgan fingerprint density at radius 2 is 1.93 bits per heavy atom. The summed E-state index contributed by atoms with van der Waals surface area (Å²) in [5.41, 5.74) is 0. The second-order valence-electron chi connectivity index (χ2n) is 2.78. The SMILES string of the molecule is O=C(O)C1C(=O)C(OCl)=C(Cl)C(Cl)C1Cl. The number of carboxylic acid groups (broad SMARTS) is 1. The molecule has 0 saturated carbocycles. The smallest absolute Gasteiger partial charge is 0.316 e. The van der Waals surface area contributed by atoms with Crippen molar-refractivity contribution in [2.75, 3.05) is 0 Å². The van der Waals surface area contributed by atoms with Gasteiger partial charge in [0.2, 0.25) is 11.5 Å². The number of allylic oxidation sites excluding steroid dienone is 2. The highest BCUT2D eigenvalue weighted by Gasteiger charge is 2.47. The fraction of sp³-hybridized carbons (Fsp3) is 0.429. The van der Waals surface area contributed by atoms with E-state index >= 15 is 0 Å². The molecule has 3 atom stereocenters. The number of alkyl halides is 2. The molecule has 0 radical (unpaired) electrons. The topological polar surface area (TPSA) is 63.6 Å². The Hall–Kier alpha value is -0.160. The molecule has 0 aliphatic heterocycles. The number of aliphatic carboxylic acids is 1. The maximum absolute atomic E-state index is 11.5. The Morgan fingerprint density at radius 1 is 1.40 bits per heavy atom. The Bertz CT molecular complexity index is 340. The second-order valence-corrected chi connectivity index (χ2v) is 4.32. The molecule has 0 aromatic rings. The molecular weight excluding hydrogens is 290 g/mol. The molecule has 1 aliphatic carbocycles. The zero-order valence-electron chi connectivity index (χ0n) is 6.92. The van der Waals surface area contributed by atoms with E-state index in [0.717, 1.165) is 0 Å². The third-order valence-corrected chi connectivity index (χ3v) is 3.70. The maximum Gasteiger partial charge on any atom is 0.316 e. The van der Waals surface area contributed by atoms with Gasteiger partial charge in [0.25, 0.3) is 0 Å². The number of carboxylic acids is 1. The number of Topliss-reactive ketones (excluding diaryl/α,β-unsaturated/α-hetero) is 1. The Balaban J connectivity index is 3.20. The minimum Gasteiger partial charge on any atom is -0.481 e. The first-order valence-electron chi connectivity index (χ1n) is 3.65. The van der Waals surface area contributed by atoms with Gasteiger partial charge in [-0.25, -0.2) is 0 Å². The summed E-state index contributed by atoms with van der Waals surface area (Å²) in [7, 11) is 0. The van der Waals surface area contributed by atoms with Gasteiger partial charge in [0.05, 0.1) is 15.8 Å². The highest BCUT2D eigenvalue weighted by atomic mass is 35.5. The standard InChI is InChI=1S/C7H4Cl4O4/c8-2-1(7(13)14)5(12)6(15-11)4(10)3(2)9/h1-3H,(H,13,14). The van der Waals surface area contributed by atoms with Crippen LogP contribution >= 0.6 is 46.7 Å². The lowest BCUT2D eigenvalue weighted by atomic mass is 9.91. The molecule has 0 amide bonds. The fourth-order valence-corrected chi connectivity index (χ4v) is 2.28. The van der Waals surface area contributed by atoms with Crippen LogP contribution in [0.25, 0.3) is 0 Å². The predicted molar refractivity (Wildman–Crippen MR) is 55.2 cm³/mol. The summed E-state index contributed by atoms with van der Waals surface area (Å²) in [5, 5.41) is 6.42. The highest BCUT2D eigenvalue weighted by molar-refractivity contribution is 6.44. The molecule has 0 aromatic heterocycles. The molecule has 1 rings (SSSR count). The zero-order valence-corrected chi connectivity index (χ0v) is 9.94. The molecule has 8 heteroatoms. The van der Waals surface area contributed by atoms with Gasteiger partial charge < -0.3 is 9.40 Å². The van der Waals surface area contributed by atoms with Crippen molar-refractivity contribution in [3.8, 4) is 0 Å². The van der Waals surface area contributed by atoms with Crippen LogP contribution < -0.4 is 0 Å². The molecule has 15 heavy (non-hydrogen) atoms. The third kappa shape index (κ3) is 2.18. The summed E-state index contributed by atoms with van der Waals surface area (Å²) in [5.74, 6) is -4.27. The predicted octanol–water partition coefficient (Wildman–Crippen LogP) is 2.11. The van der Waals surface area contributed by atoms with Gasteiger partial charge in [0.1, 0.15) is 17.8 Å². The van der Waals surface area contributed by atoms with Crippen molar-refractivity contribution in [1.29, 1.82) is 0 Å². The van der Waals surface area contributed by atoms with Crippen LogP contribution in [0.5, 0.6) is 0 Å². The number of hydrogen-bond donors (Lipinski definition) is 1. The molecule has 3 unspecified atom stereocenters. The number of carbonyl (C=O) groups excluding carboxylic acids is 1. The van der Waals surface area contributed by atoms with Crippen molar-refractivity contribution in [2.45, 2.75) is 10.8 Å². The Kier molecular flexibility index (Phi) is 4.12. The minimum atomic E-state index is -1.51. The van der Waals surface area contributed by atoms with E-state index in [4.69, 9.17) is 51.8 Å². The first-order valence-corrected chi connectivity index (χ1v) is 5.21. The van der Waals surface area contributed by atoms with Gasteiger partial charge in [-0.3, -0.25) is 9.59 Å². The molecule has 0 bridgehead atoms. The summed E-state index contributed by atoms with van der Waals surface area (Å²) in [4.78, 5) is 22.2. The summed E-state index contributed by atoms with van der Waals surface area (Å²) in [6.45, 7) is 0. The summed E-state index contributed by atoms with van der Waals surface area (Å²) in [6.07, 6.45) is 0. The molecule has 0 fully saturated rings. The average molecular weight is 294 g/mol. The van der Waals surface area contributed by atoms with E-state index < -0.39 is 34.2 Å². The van der Waals surface area contributed by atoms with Crippen LogP contribution in [0, 0.1) is 5.92 Å². The van der Waals surface area contributed by atoms with Gasteiger partial charge in [-0.2, -0.15) is 0 Å². The summed E-state index contributed by atoms with van der Waals surface area (Å²) in [6, 6.07) is 0. The molecule has 1 aliphatic rings. The molecule has 0 aromatic carbocycles. The van der Waals surface area contributed by atoms with Crippen LogP contribution in [0.4, 0.5) is 0 Å². The van der Waals surface area contributed by atoms with Crippen LogP contribution in [0.2, 0.25) is 0 Å². The van der Waals surface area contributed by atoms with Crippen LogP contribution in [-0.4, -0.2) is 27.6 Å². The van der Waals surface area contributed by atoms with E-state index in [0.29, 0.717) is 0 Å². The first kappa shape index (κ1) is 12.9. The van der Waals surface area contributed by atoms with Gasteiger partial charge in [0, 0.05) is 0 Å². The van der Waals surface area contributed by atoms with E-state index in [-0.39, 0.29) is 5.03 Å². The Labute approximate surface area is 105 Å². The number of carbonyl (C=O) groups is 2. The lowest BCUT2D eigenvalue weighted by molar-refractivity contribution is -0.146. The normalized spacial score (nSPS) is 31.7. The van der Waals surface area contributed by atoms with Crippen LogP contribution in [0.15, 0.2) is 10.8 Å². The fourth-order valence-electron chi connectivity index (χ4n) is 1.16. The molecule has 4 nitrogen and oxygen atoms in total. The quantitative estimate of drug-likeness (QED) is 0.626. The number of ketones is 1. The first-order chi connectivity index (χ1) is 6.91. The minimum absolute atomic E-state index is 0.186. The monoisotopic (exact) mass is 292 g/mol.